The first-order valence-corrected chi connectivity index (χ1v) is 30.1. The molecule has 0 aromatic carbocycles. The van der Waals surface area contributed by atoms with Gasteiger partial charge in [0.05, 0.1) is 0 Å². The number of carbonyl (C=O) groups is 3. The molecule has 0 unspecified atom stereocenters. The molecule has 71 heavy (non-hydrogen) atoms. The highest BCUT2D eigenvalue weighted by Gasteiger charge is 2.19. The predicted octanol–water partition coefficient (Wildman–Crippen LogP) is 20.3. The number of esters is 3. The Morgan fingerprint density at radius 3 is 0.930 bits per heavy atom. The van der Waals surface area contributed by atoms with Crippen molar-refractivity contribution in [3.63, 3.8) is 0 Å². The van der Waals surface area contributed by atoms with Crippen LogP contribution in [0.1, 0.15) is 290 Å². The SMILES string of the molecule is CC/C=C\C/C=C\C/C=C\C/C=C\C/C=C\CCCC(=O)O[C@@H](COC(=O)CCCCCCCCC/C=C\CCCCCC)COC(=O)CCCCCCCCCCCCC/C=C\CCCCCCCC. The van der Waals surface area contributed by atoms with E-state index in [0.29, 0.717) is 19.3 Å². The molecule has 0 aliphatic rings. The van der Waals surface area contributed by atoms with Gasteiger partial charge < -0.3 is 14.2 Å². The zero-order chi connectivity index (χ0) is 51.4. The third-order valence-electron chi connectivity index (χ3n) is 12.9. The average molecular weight is 990 g/mol. The predicted molar refractivity (Wildman–Crippen MR) is 307 cm³/mol. The maximum atomic E-state index is 12.8. The van der Waals surface area contributed by atoms with Crippen LogP contribution in [0.25, 0.3) is 0 Å². The van der Waals surface area contributed by atoms with E-state index in [1.807, 2.05) is 0 Å². The van der Waals surface area contributed by atoms with Crippen molar-refractivity contribution in [1.82, 2.24) is 0 Å². The molecule has 0 fully saturated rings. The average Bonchev–Trinajstić information content (AvgIpc) is 3.37. The Labute approximate surface area is 439 Å². The number of allylic oxidation sites excluding steroid dienone is 14. The summed E-state index contributed by atoms with van der Waals surface area (Å²) in [7, 11) is 0. The van der Waals surface area contributed by atoms with Gasteiger partial charge in [-0.1, -0.05) is 247 Å². The fourth-order valence-corrected chi connectivity index (χ4v) is 8.35. The van der Waals surface area contributed by atoms with Crippen LogP contribution in [0.5, 0.6) is 0 Å². The summed E-state index contributed by atoms with van der Waals surface area (Å²) in [5.41, 5.74) is 0. The summed E-state index contributed by atoms with van der Waals surface area (Å²) in [5, 5.41) is 0. The molecule has 0 amide bonds. The van der Waals surface area contributed by atoms with Gasteiger partial charge in [-0.2, -0.15) is 0 Å². The molecule has 0 bridgehead atoms. The number of ether oxygens (including phenoxy) is 3. The second-order valence-corrected chi connectivity index (χ2v) is 19.9. The Morgan fingerprint density at radius 1 is 0.296 bits per heavy atom. The molecule has 0 aliphatic heterocycles. The minimum atomic E-state index is -0.809. The molecule has 6 nitrogen and oxygen atoms in total. The van der Waals surface area contributed by atoms with Crippen molar-refractivity contribution in [2.24, 2.45) is 0 Å². The van der Waals surface area contributed by atoms with Crippen LogP contribution < -0.4 is 0 Å². The van der Waals surface area contributed by atoms with Crippen LogP contribution in [0.15, 0.2) is 85.1 Å². The summed E-state index contributed by atoms with van der Waals surface area (Å²) in [5.74, 6) is -0.956. The van der Waals surface area contributed by atoms with Crippen molar-refractivity contribution < 1.29 is 28.6 Å². The van der Waals surface area contributed by atoms with Crippen LogP contribution in [0.3, 0.4) is 0 Å². The topological polar surface area (TPSA) is 78.9 Å². The van der Waals surface area contributed by atoms with Gasteiger partial charge in [-0.05, 0) is 109 Å². The first-order valence-electron chi connectivity index (χ1n) is 30.1. The van der Waals surface area contributed by atoms with E-state index in [1.54, 1.807) is 0 Å². The van der Waals surface area contributed by atoms with Crippen LogP contribution in [0.2, 0.25) is 0 Å². The molecule has 0 spiro atoms. The van der Waals surface area contributed by atoms with Gasteiger partial charge in [-0.15, -0.1) is 0 Å². The van der Waals surface area contributed by atoms with Gasteiger partial charge in [0.2, 0.25) is 0 Å². The Morgan fingerprint density at radius 2 is 0.563 bits per heavy atom. The number of hydrogen-bond acceptors (Lipinski definition) is 6. The smallest absolute Gasteiger partial charge is 0.306 e. The Balaban J connectivity index is 4.42. The lowest BCUT2D eigenvalue weighted by atomic mass is 10.0. The standard InChI is InChI=1S/C65H112O6/c1-4-7-10-13-16-19-22-25-28-30-31-32-33-35-37-40-43-46-49-52-55-58-64(67)70-61-62(60-69-63(66)57-54-51-48-45-42-39-36-27-24-21-18-15-12-9-6-3)71-65(68)59-56-53-50-47-44-41-38-34-29-26-23-20-17-14-11-8-5-2/h8,11,17,20-21,24-26,28-29,38,41,47,50,62H,4-7,9-10,12-16,18-19,22-23,27,30-37,39-40,42-46,48-49,51-61H2,1-3H3/b11-8-,20-17-,24-21-,28-25-,29-26-,41-38-,50-47-/t62-/m0/s1. The normalized spacial score (nSPS) is 12.7. The Kier molecular flexibility index (Phi) is 56.3. The van der Waals surface area contributed by atoms with Crippen molar-refractivity contribution in [3.8, 4) is 0 Å². The van der Waals surface area contributed by atoms with Gasteiger partial charge in [-0.3, -0.25) is 14.4 Å². The van der Waals surface area contributed by atoms with E-state index in [1.165, 1.54) is 167 Å². The maximum absolute atomic E-state index is 12.8. The van der Waals surface area contributed by atoms with Crippen LogP contribution in [-0.2, 0) is 28.6 Å². The highest BCUT2D eigenvalue weighted by atomic mass is 16.6. The van der Waals surface area contributed by atoms with Crippen LogP contribution in [-0.4, -0.2) is 37.2 Å². The number of hydrogen-bond donors (Lipinski definition) is 0. The summed E-state index contributed by atoms with van der Waals surface area (Å²) in [6.45, 7) is 6.48. The lowest BCUT2D eigenvalue weighted by molar-refractivity contribution is -0.167. The highest BCUT2D eigenvalue weighted by molar-refractivity contribution is 5.71. The molecule has 0 heterocycles. The van der Waals surface area contributed by atoms with E-state index < -0.39 is 6.10 Å². The first kappa shape index (κ1) is 67.6. The molecule has 0 rings (SSSR count). The molecule has 0 radical (unpaired) electrons. The number of unbranched alkanes of at least 4 members (excludes halogenated alkanes) is 29. The zero-order valence-electron chi connectivity index (χ0n) is 46.7. The molecule has 0 aromatic heterocycles. The molecule has 0 saturated heterocycles. The van der Waals surface area contributed by atoms with Gasteiger partial charge in [0.25, 0.3) is 0 Å². The van der Waals surface area contributed by atoms with E-state index >= 15 is 0 Å². The van der Waals surface area contributed by atoms with E-state index in [9.17, 15) is 14.4 Å². The summed E-state index contributed by atoms with van der Waals surface area (Å²) in [4.78, 5) is 38.2. The van der Waals surface area contributed by atoms with E-state index in [2.05, 4.69) is 106 Å². The molecule has 0 aliphatic carbocycles. The molecule has 0 aromatic rings. The Hall–Kier alpha value is -3.41. The lowest BCUT2D eigenvalue weighted by Gasteiger charge is -2.18. The highest BCUT2D eigenvalue weighted by Crippen LogP contribution is 2.15. The minimum Gasteiger partial charge on any atom is -0.462 e. The molecule has 408 valence electrons. The molecular weight excluding hydrogens is 877 g/mol. The van der Waals surface area contributed by atoms with Gasteiger partial charge in [-0.25, -0.2) is 0 Å². The van der Waals surface area contributed by atoms with E-state index in [0.717, 1.165) is 77.0 Å². The summed E-state index contributed by atoms with van der Waals surface area (Å²) in [6.07, 6.45) is 77.3. The summed E-state index contributed by atoms with van der Waals surface area (Å²) < 4.78 is 16.8. The van der Waals surface area contributed by atoms with Crippen molar-refractivity contribution in [1.29, 1.82) is 0 Å². The van der Waals surface area contributed by atoms with Gasteiger partial charge >= 0.3 is 17.9 Å². The minimum absolute atomic E-state index is 0.0999. The van der Waals surface area contributed by atoms with Gasteiger partial charge in [0.1, 0.15) is 13.2 Å². The fraction of sp³-hybridized carbons (Fsp3) is 0.738. The molecule has 0 saturated carbocycles. The number of carbonyl (C=O) groups excluding carboxylic acids is 3. The van der Waals surface area contributed by atoms with Crippen molar-refractivity contribution in [2.45, 2.75) is 297 Å². The third-order valence-corrected chi connectivity index (χ3v) is 12.9. The first-order chi connectivity index (χ1) is 35.0. The van der Waals surface area contributed by atoms with Crippen molar-refractivity contribution in [3.05, 3.63) is 85.1 Å². The number of rotatable bonds is 54. The molecular formula is C65H112O6. The summed E-state index contributed by atoms with van der Waals surface area (Å²) in [6, 6.07) is 0. The Bertz CT molecular complexity index is 1370. The monoisotopic (exact) mass is 989 g/mol. The van der Waals surface area contributed by atoms with Crippen molar-refractivity contribution in [2.75, 3.05) is 13.2 Å². The van der Waals surface area contributed by atoms with Crippen molar-refractivity contribution >= 4 is 17.9 Å². The molecule has 6 heteroatoms. The second kappa shape index (κ2) is 59.2. The van der Waals surface area contributed by atoms with Crippen LogP contribution in [0, 0.1) is 0 Å². The van der Waals surface area contributed by atoms with Crippen LogP contribution in [0.4, 0.5) is 0 Å². The zero-order valence-corrected chi connectivity index (χ0v) is 46.7. The maximum Gasteiger partial charge on any atom is 0.306 e. The summed E-state index contributed by atoms with van der Waals surface area (Å²) >= 11 is 0. The third kappa shape index (κ3) is 57.4. The lowest BCUT2D eigenvalue weighted by Crippen LogP contribution is -2.30. The molecule has 1 atom stereocenters. The van der Waals surface area contributed by atoms with E-state index in [4.69, 9.17) is 14.2 Å². The quantitative estimate of drug-likeness (QED) is 0.0261. The van der Waals surface area contributed by atoms with Gasteiger partial charge in [0, 0.05) is 19.3 Å². The fourth-order valence-electron chi connectivity index (χ4n) is 8.35. The molecule has 0 N–H and O–H groups in total. The largest absolute Gasteiger partial charge is 0.462 e. The second-order valence-electron chi connectivity index (χ2n) is 19.9. The van der Waals surface area contributed by atoms with E-state index in [-0.39, 0.29) is 37.5 Å². The van der Waals surface area contributed by atoms with Gasteiger partial charge in [0.15, 0.2) is 6.10 Å². The van der Waals surface area contributed by atoms with Crippen LogP contribution >= 0.6 is 0 Å².